The van der Waals surface area contributed by atoms with Gasteiger partial charge in [-0.3, -0.25) is 14.3 Å². The maximum absolute atomic E-state index is 12.8. The second-order valence-electron chi connectivity index (χ2n) is 5.96. The van der Waals surface area contributed by atoms with E-state index in [1.165, 1.54) is 17.0 Å². The molecule has 9 heteroatoms. The summed E-state index contributed by atoms with van der Waals surface area (Å²) in [4.78, 5) is 25.1. The highest BCUT2D eigenvalue weighted by Gasteiger charge is 2.16. The Kier molecular flexibility index (Phi) is 5.85. The van der Waals surface area contributed by atoms with Crippen molar-refractivity contribution >= 4 is 44.0 Å². The number of phenolic OH excluding ortho intramolecular Hbond substituents is 1. The number of benzene rings is 2. The highest BCUT2D eigenvalue weighted by molar-refractivity contribution is 9.11. The average Bonchev–Trinajstić information content (AvgIpc) is 2.88. The molecule has 0 spiro atoms. The third-order valence-electron chi connectivity index (χ3n) is 4.23. The van der Waals surface area contributed by atoms with Crippen molar-refractivity contribution in [2.75, 3.05) is 0 Å². The molecule has 0 bridgehead atoms. The number of aromatic hydroxyl groups is 1. The minimum atomic E-state index is -0.604. The predicted octanol–water partition coefficient (Wildman–Crippen LogP) is 3.48. The van der Waals surface area contributed by atoms with Crippen LogP contribution in [0.1, 0.15) is 21.6 Å². The van der Waals surface area contributed by atoms with Crippen LogP contribution in [0.4, 0.5) is 0 Å². The van der Waals surface area contributed by atoms with Crippen molar-refractivity contribution in [1.82, 2.24) is 14.8 Å². The number of carbonyl (C=O) groups excluding carboxylic acids is 1. The minimum absolute atomic E-state index is 0.0462. The second-order valence-corrected chi connectivity index (χ2v) is 7.73. The zero-order valence-electron chi connectivity index (χ0n) is 15.0. The van der Waals surface area contributed by atoms with Crippen LogP contribution in [0.2, 0.25) is 0 Å². The molecule has 0 atom stereocenters. The largest absolute Gasteiger partial charge is 0.506 e. The molecule has 0 saturated carbocycles. The fourth-order valence-electron chi connectivity index (χ4n) is 2.69. The van der Waals surface area contributed by atoms with Crippen LogP contribution < -0.4 is 11.0 Å². The van der Waals surface area contributed by atoms with E-state index in [1.54, 1.807) is 24.7 Å². The Morgan fingerprint density at radius 3 is 2.57 bits per heavy atom. The second kappa shape index (κ2) is 8.15. The lowest BCUT2D eigenvalue weighted by molar-refractivity contribution is 0.0952. The van der Waals surface area contributed by atoms with Crippen molar-refractivity contribution in [2.24, 2.45) is 12.1 Å². The van der Waals surface area contributed by atoms with E-state index in [0.717, 1.165) is 5.69 Å². The van der Waals surface area contributed by atoms with E-state index in [1.807, 2.05) is 30.3 Å². The first-order chi connectivity index (χ1) is 13.3. The first kappa shape index (κ1) is 20.1. The highest BCUT2D eigenvalue weighted by Crippen LogP contribution is 2.31. The van der Waals surface area contributed by atoms with Gasteiger partial charge >= 0.3 is 0 Å². The Hall–Kier alpha value is -2.65. The van der Waals surface area contributed by atoms with E-state index in [2.05, 4.69) is 42.4 Å². The molecule has 28 heavy (non-hydrogen) atoms. The van der Waals surface area contributed by atoms with E-state index in [0.29, 0.717) is 20.2 Å². The lowest BCUT2D eigenvalue weighted by Crippen LogP contribution is -2.22. The molecule has 0 aliphatic carbocycles. The maximum atomic E-state index is 12.8. The topological polar surface area (TPSA) is 88.6 Å². The molecule has 3 aromatic rings. The van der Waals surface area contributed by atoms with Crippen molar-refractivity contribution in [1.29, 1.82) is 0 Å². The molecular formula is C19H16Br2N4O3. The van der Waals surface area contributed by atoms with Gasteiger partial charge in [0.2, 0.25) is 0 Å². The monoisotopic (exact) mass is 506 g/mol. The molecule has 1 heterocycles. The summed E-state index contributed by atoms with van der Waals surface area (Å²) in [5.74, 6) is -0.800. The number of phenols is 1. The lowest BCUT2D eigenvalue weighted by atomic mass is 10.2. The molecule has 2 aromatic carbocycles. The first-order valence-corrected chi connectivity index (χ1v) is 9.75. The number of carbonyl (C=O) groups is 1. The predicted molar refractivity (Wildman–Crippen MR) is 114 cm³/mol. The molecule has 7 nitrogen and oxygen atoms in total. The molecule has 2 N–H and O–H groups in total. The number of hydrogen-bond donors (Lipinski definition) is 2. The van der Waals surface area contributed by atoms with Gasteiger partial charge in [0.25, 0.3) is 11.5 Å². The van der Waals surface area contributed by atoms with Gasteiger partial charge in [0.05, 0.1) is 27.5 Å². The molecule has 0 unspecified atom stereocenters. The summed E-state index contributed by atoms with van der Waals surface area (Å²) >= 11 is 6.44. The van der Waals surface area contributed by atoms with Gasteiger partial charge in [-0.15, -0.1) is 0 Å². The number of aromatic nitrogens is 2. The SMILES string of the molecule is Cc1c(/C=N/NC(=O)c2cc(Br)cc(Br)c2O)c(=O)n(-c2ccccc2)n1C. The number of hydrazone groups is 1. The summed E-state index contributed by atoms with van der Waals surface area (Å²) < 4.78 is 4.24. The van der Waals surface area contributed by atoms with Crippen LogP contribution in [0.25, 0.3) is 5.69 Å². The summed E-state index contributed by atoms with van der Waals surface area (Å²) in [5, 5.41) is 13.9. The van der Waals surface area contributed by atoms with Crippen LogP contribution in [0.15, 0.2) is 61.3 Å². The summed E-state index contributed by atoms with van der Waals surface area (Å²) in [5.41, 5.74) is 3.91. The van der Waals surface area contributed by atoms with Crippen molar-refractivity contribution in [3.05, 3.63) is 78.6 Å². The highest BCUT2D eigenvalue weighted by atomic mass is 79.9. The number of nitrogens with one attached hydrogen (secondary N) is 1. The van der Waals surface area contributed by atoms with Crippen molar-refractivity contribution in [3.8, 4) is 11.4 Å². The van der Waals surface area contributed by atoms with Gasteiger partial charge < -0.3 is 5.11 Å². The van der Waals surface area contributed by atoms with Gasteiger partial charge in [0.1, 0.15) is 5.75 Å². The molecule has 1 amide bonds. The Bertz CT molecular complexity index is 1130. The number of nitrogens with zero attached hydrogens (tertiary/aromatic N) is 3. The van der Waals surface area contributed by atoms with Gasteiger partial charge in [-0.05, 0) is 47.1 Å². The normalized spacial score (nSPS) is 11.1. The van der Waals surface area contributed by atoms with Gasteiger partial charge in [-0.2, -0.15) is 5.10 Å². The zero-order chi connectivity index (χ0) is 20.4. The Labute approximate surface area is 177 Å². The van der Waals surface area contributed by atoms with Crippen LogP contribution in [0.5, 0.6) is 5.75 Å². The van der Waals surface area contributed by atoms with Crippen LogP contribution in [-0.2, 0) is 7.05 Å². The molecule has 0 saturated heterocycles. The van der Waals surface area contributed by atoms with E-state index >= 15 is 0 Å². The van der Waals surface area contributed by atoms with E-state index in [9.17, 15) is 14.7 Å². The minimum Gasteiger partial charge on any atom is -0.506 e. The van der Waals surface area contributed by atoms with Gasteiger partial charge in [-0.25, -0.2) is 10.1 Å². The number of amides is 1. The number of hydrogen-bond acceptors (Lipinski definition) is 4. The number of rotatable bonds is 4. The summed E-state index contributed by atoms with van der Waals surface area (Å²) in [7, 11) is 1.77. The lowest BCUT2D eigenvalue weighted by Gasteiger charge is -2.07. The summed E-state index contributed by atoms with van der Waals surface area (Å²) in [6.45, 7) is 1.79. The quantitative estimate of drug-likeness (QED) is 0.418. The molecule has 0 fully saturated rings. The number of halogens is 2. The number of para-hydroxylation sites is 1. The van der Waals surface area contributed by atoms with E-state index in [-0.39, 0.29) is 16.9 Å². The Morgan fingerprint density at radius 2 is 1.89 bits per heavy atom. The van der Waals surface area contributed by atoms with Gasteiger partial charge in [0.15, 0.2) is 0 Å². The third kappa shape index (κ3) is 3.81. The summed E-state index contributed by atoms with van der Waals surface area (Å²) in [6.07, 6.45) is 1.30. The molecule has 3 rings (SSSR count). The standard InChI is InChI=1S/C19H16Br2N4O3/c1-11-15(19(28)25(24(11)2)13-6-4-3-5-7-13)10-22-23-18(27)14-8-12(20)9-16(21)17(14)26/h3-10,26H,1-2H3,(H,23,27)/b22-10+. The average molecular weight is 508 g/mol. The van der Waals surface area contributed by atoms with Gasteiger partial charge in [0, 0.05) is 17.2 Å². The fraction of sp³-hybridized carbons (Fsp3) is 0.105. The maximum Gasteiger partial charge on any atom is 0.280 e. The molecule has 144 valence electrons. The van der Waals surface area contributed by atoms with Crippen molar-refractivity contribution < 1.29 is 9.90 Å². The Morgan fingerprint density at radius 1 is 1.21 bits per heavy atom. The van der Waals surface area contributed by atoms with E-state index < -0.39 is 5.91 Å². The first-order valence-electron chi connectivity index (χ1n) is 8.16. The van der Waals surface area contributed by atoms with E-state index in [4.69, 9.17) is 0 Å². The van der Waals surface area contributed by atoms with Gasteiger partial charge in [-0.1, -0.05) is 34.1 Å². The van der Waals surface area contributed by atoms with Crippen molar-refractivity contribution in [3.63, 3.8) is 0 Å². The van der Waals surface area contributed by atoms with Crippen LogP contribution in [0.3, 0.4) is 0 Å². The molecule has 0 radical (unpaired) electrons. The van der Waals surface area contributed by atoms with Crippen molar-refractivity contribution in [2.45, 2.75) is 6.92 Å². The molecule has 0 aliphatic heterocycles. The third-order valence-corrected chi connectivity index (χ3v) is 5.29. The summed E-state index contributed by atoms with van der Waals surface area (Å²) in [6, 6.07) is 12.3. The smallest absolute Gasteiger partial charge is 0.280 e. The van der Waals surface area contributed by atoms with Crippen LogP contribution in [-0.4, -0.2) is 26.6 Å². The molecular weight excluding hydrogens is 492 g/mol. The molecule has 1 aromatic heterocycles. The molecule has 0 aliphatic rings. The fourth-order valence-corrected chi connectivity index (χ4v) is 3.92. The Balaban J connectivity index is 1.88. The zero-order valence-corrected chi connectivity index (χ0v) is 18.2. The van der Waals surface area contributed by atoms with Crippen LogP contribution >= 0.6 is 31.9 Å². The van der Waals surface area contributed by atoms with Crippen LogP contribution in [0, 0.1) is 6.92 Å².